The molecule has 0 aliphatic carbocycles. The number of carbonyl (C=O) groups is 1. The predicted molar refractivity (Wildman–Crippen MR) is 74.3 cm³/mol. The van der Waals surface area contributed by atoms with Crippen molar-refractivity contribution in [3.8, 4) is 5.75 Å². The zero-order valence-corrected chi connectivity index (χ0v) is 12.8. The Morgan fingerprint density at radius 2 is 2.05 bits per heavy atom. The molecule has 6 nitrogen and oxygen atoms in total. The number of carboxylic acid groups (broad SMARTS) is 1. The first kappa shape index (κ1) is 16.5. The maximum Gasteiger partial charge on any atom is 0.307 e. The molecule has 0 saturated heterocycles. The maximum atomic E-state index is 12.4. The van der Waals surface area contributed by atoms with Crippen LogP contribution in [0.3, 0.4) is 0 Å². The summed E-state index contributed by atoms with van der Waals surface area (Å²) in [4.78, 5) is 11.0. The summed E-state index contributed by atoms with van der Waals surface area (Å²) in [5.41, 5.74) is 0.555. The van der Waals surface area contributed by atoms with E-state index in [-0.39, 0.29) is 11.4 Å². The van der Waals surface area contributed by atoms with E-state index in [2.05, 4.69) is 0 Å². The second-order valence-electron chi connectivity index (χ2n) is 4.66. The second kappa shape index (κ2) is 6.23. The van der Waals surface area contributed by atoms with Crippen molar-refractivity contribution in [3.63, 3.8) is 0 Å². The summed E-state index contributed by atoms with van der Waals surface area (Å²) in [5, 5.41) is 8.85. The fourth-order valence-electron chi connectivity index (χ4n) is 1.77. The van der Waals surface area contributed by atoms with Crippen molar-refractivity contribution in [2.45, 2.75) is 18.7 Å². The molecule has 0 spiro atoms. The molecule has 7 heteroatoms. The van der Waals surface area contributed by atoms with E-state index < -0.39 is 21.9 Å². The van der Waals surface area contributed by atoms with Crippen LogP contribution in [0.2, 0.25) is 0 Å². The van der Waals surface area contributed by atoms with Gasteiger partial charge in [0, 0.05) is 13.6 Å². The summed E-state index contributed by atoms with van der Waals surface area (Å²) < 4.78 is 30.9. The van der Waals surface area contributed by atoms with E-state index >= 15 is 0 Å². The Morgan fingerprint density at radius 3 is 2.50 bits per heavy atom. The Morgan fingerprint density at radius 1 is 1.45 bits per heavy atom. The first-order chi connectivity index (χ1) is 9.20. The molecule has 0 bridgehead atoms. The Bertz CT molecular complexity index is 597. The summed E-state index contributed by atoms with van der Waals surface area (Å²) in [6.45, 7) is 3.06. The molecule has 20 heavy (non-hydrogen) atoms. The van der Waals surface area contributed by atoms with Gasteiger partial charge >= 0.3 is 5.97 Å². The van der Waals surface area contributed by atoms with Crippen molar-refractivity contribution in [2.75, 3.05) is 20.7 Å². The second-order valence-corrected chi connectivity index (χ2v) is 6.67. The summed E-state index contributed by atoms with van der Waals surface area (Å²) in [7, 11) is -0.832. The number of hydrogen-bond acceptors (Lipinski definition) is 4. The summed E-state index contributed by atoms with van der Waals surface area (Å²) in [5.74, 6) is -1.23. The van der Waals surface area contributed by atoms with Gasteiger partial charge in [-0.3, -0.25) is 4.79 Å². The number of aryl methyl sites for hydroxylation is 1. The van der Waals surface area contributed by atoms with Gasteiger partial charge in [-0.15, -0.1) is 0 Å². The predicted octanol–water partition coefficient (Wildman–Crippen LogP) is 1.34. The Kier molecular flexibility index (Phi) is 5.13. The van der Waals surface area contributed by atoms with Crippen LogP contribution in [0, 0.1) is 12.8 Å². The van der Waals surface area contributed by atoms with Crippen molar-refractivity contribution >= 4 is 16.0 Å². The number of ether oxygens (including phenoxy) is 1. The smallest absolute Gasteiger partial charge is 0.307 e. The number of aliphatic carboxylic acids is 1. The zero-order chi connectivity index (χ0) is 15.5. The van der Waals surface area contributed by atoms with Crippen LogP contribution >= 0.6 is 0 Å². The highest BCUT2D eigenvalue weighted by Gasteiger charge is 2.26. The average molecular weight is 301 g/mol. The summed E-state index contributed by atoms with van der Waals surface area (Å²) >= 11 is 0. The van der Waals surface area contributed by atoms with Crippen LogP contribution in [-0.2, 0) is 14.8 Å². The summed E-state index contributed by atoms with van der Waals surface area (Å²) in [6, 6.07) is 4.65. The van der Waals surface area contributed by atoms with E-state index in [0.717, 1.165) is 4.31 Å². The molecule has 1 aromatic carbocycles. The fraction of sp³-hybridized carbons (Fsp3) is 0.462. The maximum absolute atomic E-state index is 12.4. The van der Waals surface area contributed by atoms with Crippen molar-refractivity contribution in [1.82, 2.24) is 4.31 Å². The molecule has 0 radical (unpaired) electrons. The van der Waals surface area contributed by atoms with Gasteiger partial charge in [-0.05, 0) is 30.7 Å². The lowest BCUT2D eigenvalue weighted by atomic mass is 10.2. The van der Waals surface area contributed by atoms with Crippen LogP contribution in [0.15, 0.2) is 23.1 Å². The van der Waals surface area contributed by atoms with Crippen molar-refractivity contribution in [3.05, 3.63) is 23.8 Å². The SMILES string of the molecule is COc1ccc(S(=O)(=O)N(C)CC(C)C(=O)O)c(C)c1. The third kappa shape index (κ3) is 3.49. The van der Waals surface area contributed by atoms with Crippen LogP contribution < -0.4 is 4.74 Å². The first-order valence-electron chi connectivity index (χ1n) is 6.04. The molecular formula is C13H19NO5S. The van der Waals surface area contributed by atoms with Gasteiger partial charge in [0.1, 0.15) is 5.75 Å². The van der Waals surface area contributed by atoms with Crippen molar-refractivity contribution in [1.29, 1.82) is 0 Å². The van der Waals surface area contributed by atoms with Crippen molar-refractivity contribution in [2.24, 2.45) is 5.92 Å². The van der Waals surface area contributed by atoms with Crippen LogP contribution in [-0.4, -0.2) is 44.5 Å². The average Bonchev–Trinajstić information content (AvgIpc) is 2.37. The van der Waals surface area contributed by atoms with E-state index in [0.29, 0.717) is 11.3 Å². The van der Waals surface area contributed by atoms with Crippen LogP contribution in [0.4, 0.5) is 0 Å². The van der Waals surface area contributed by atoms with Crippen LogP contribution in [0.1, 0.15) is 12.5 Å². The third-order valence-corrected chi connectivity index (χ3v) is 5.01. The van der Waals surface area contributed by atoms with Gasteiger partial charge in [0.25, 0.3) is 0 Å². The molecule has 1 atom stereocenters. The van der Waals surface area contributed by atoms with E-state index in [4.69, 9.17) is 9.84 Å². The lowest BCUT2D eigenvalue weighted by Gasteiger charge is -2.20. The molecule has 0 aliphatic rings. The van der Waals surface area contributed by atoms with E-state index in [9.17, 15) is 13.2 Å². The molecule has 112 valence electrons. The Balaban J connectivity index is 3.07. The molecule has 0 heterocycles. The number of sulfonamides is 1. The number of carboxylic acids is 1. The van der Waals surface area contributed by atoms with Gasteiger partial charge in [0.05, 0.1) is 17.9 Å². The minimum absolute atomic E-state index is 0.0802. The third-order valence-electron chi connectivity index (χ3n) is 3.02. The van der Waals surface area contributed by atoms with E-state index in [1.807, 2.05) is 0 Å². The molecule has 1 aromatic rings. The number of rotatable bonds is 6. The molecule has 0 amide bonds. The quantitative estimate of drug-likeness (QED) is 0.857. The largest absolute Gasteiger partial charge is 0.497 e. The topological polar surface area (TPSA) is 83.9 Å². The van der Waals surface area contributed by atoms with Gasteiger partial charge in [0.2, 0.25) is 10.0 Å². The zero-order valence-electron chi connectivity index (χ0n) is 12.0. The lowest BCUT2D eigenvalue weighted by Crippen LogP contribution is -2.34. The number of nitrogens with zero attached hydrogens (tertiary/aromatic N) is 1. The van der Waals surface area contributed by atoms with Gasteiger partial charge in [-0.25, -0.2) is 12.7 Å². The van der Waals surface area contributed by atoms with Crippen molar-refractivity contribution < 1.29 is 23.1 Å². The van der Waals surface area contributed by atoms with Crippen LogP contribution in [0.5, 0.6) is 5.75 Å². The van der Waals surface area contributed by atoms with Crippen LogP contribution in [0.25, 0.3) is 0 Å². The van der Waals surface area contributed by atoms with E-state index in [1.54, 1.807) is 19.1 Å². The Hall–Kier alpha value is -1.60. The van der Waals surface area contributed by atoms with Gasteiger partial charge in [0.15, 0.2) is 0 Å². The number of hydrogen-bond donors (Lipinski definition) is 1. The molecule has 1 rings (SSSR count). The van der Waals surface area contributed by atoms with Gasteiger partial charge < -0.3 is 9.84 Å². The highest BCUT2D eigenvalue weighted by Crippen LogP contribution is 2.23. The molecule has 1 N–H and O–H groups in total. The minimum Gasteiger partial charge on any atom is -0.497 e. The number of methoxy groups -OCH3 is 1. The molecule has 0 saturated carbocycles. The highest BCUT2D eigenvalue weighted by molar-refractivity contribution is 7.89. The minimum atomic E-state index is -3.71. The first-order valence-corrected chi connectivity index (χ1v) is 7.48. The molecular weight excluding hydrogens is 282 g/mol. The van der Waals surface area contributed by atoms with Gasteiger partial charge in [-0.1, -0.05) is 6.92 Å². The standard InChI is InChI=1S/C13H19NO5S/c1-9-7-11(19-4)5-6-12(9)20(17,18)14(3)8-10(2)13(15)16/h5-7,10H,8H2,1-4H3,(H,15,16). The lowest BCUT2D eigenvalue weighted by molar-refractivity contribution is -0.141. The number of benzene rings is 1. The molecule has 0 aliphatic heterocycles. The van der Waals surface area contributed by atoms with E-state index in [1.165, 1.54) is 27.1 Å². The molecule has 0 fully saturated rings. The fourth-order valence-corrected chi connectivity index (χ4v) is 3.23. The monoisotopic (exact) mass is 301 g/mol. The van der Waals surface area contributed by atoms with Gasteiger partial charge in [-0.2, -0.15) is 0 Å². The molecule has 1 unspecified atom stereocenters. The Labute approximate surface area is 119 Å². The highest BCUT2D eigenvalue weighted by atomic mass is 32.2. The summed E-state index contributed by atoms with van der Waals surface area (Å²) in [6.07, 6.45) is 0. The molecule has 0 aromatic heterocycles. The normalized spacial score (nSPS) is 13.2.